The van der Waals surface area contributed by atoms with E-state index < -0.39 is 11.9 Å². The molecule has 0 spiro atoms. The van der Waals surface area contributed by atoms with E-state index >= 15 is 0 Å². The number of hydrogen-bond acceptors (Lipinski definition) is 4. The van der Waals surface area contributed by atoms with Gasteiger partial charge in [0.15, 0.2) is 5.69 Å². The molecule has 3 rings (SSSR count). The molecule has 120 valence electrons. The Bertz CT molecular complexity index is 872. The van der Waals surface area contributed by atoms with Crippen molar-refractivity contribution in [2.24, 2.45) is 7.05 Å². The summed E-state index contributed by atoms with van der Waals surface area (Å²) < 4.78 is 44.0. The maximum Gasteiger partial charge on any atom is 0.433 e. The second-order valence-corrected chi connectivity index (χ2v) is 5.43. The average molecular weight is 363 g/mol. The van der Waals surface area contributed by atoms with Crippen LogP contribution in [0.15, 0.2) is 28.8 Å². The van der Waals surface area contributed by atoms with Crippen LogP contribution in [0.3, 0.4) is 0 Å². The molecule has 0 unspecified atom stereocenters. The summed E-state index contributed by atoms with van der Waals surface area (Å²) in [6, 6.07) is 5.50. The second-order valence-electron chi connectivity index (χ2n) is 4.58. The number of alkyl halides is 3. The normalized spacial score (nSPS) is 11.9. The predicted molar refractivity (Wildman–Crippen MR) is 77.0 cm³/mol. The Morgan fingerprint density at radius 2 is 1.91 bits per heavy atom. The number of hydrogen-bond donors (Lipinski definition) is 0. The van der Waals surface area contributed by atoms with Gasteiger partial charge in [-0.3, -0.25) is 4.68 Å². The van der Waals surface area contributed by atoms with Crippen molar-refractivity contribution in [3.63, 3.8) is 0 Å². The molecule has 0 bridgehead atoms. The Morgan fingerprint density at radius 3 is 2.52 bits per heavy atom. The van der Waals surface area contributed by atoms with Crippen LogP contribution in [0.2, 0.25) is 10.0 Å². The van der Waals surface area contributed by atoms with Crippen molar-refractivity contribution in [2.45, 2.75) is 6.18 Å². The maximum atomic E-state index is 12.8. The van der Waals surface area contributed by atoms with E-state index in [1.54, 1.807) is 12.1 Å². The number of nitrogens with zero attached hydrogens (tertiary/aromatic N) is 4. The van der Waals surface area contributed by atoms with E-state index in [9.17, 15) is 13.2 Å². The number of aryl methyl sites for hydroxylation is 1. The van der Waals surface area contributed by atoms with E-state index in [4.69, 9.17) is 27.7 Å². The predicted octanol–water partition coefficient (Wildman–Crippen LogP) is 4.46. The molecule has 3 aromatic rings. The molecule has 1 aromatic carbocycles. The Kier molecular flexibility index (Phi) is 3.81. The molecule has 0 saturated carbocycles. The zero-order valence-corrected chi connectivity index (χ0v) is 12.9. The van der Waals surface area contributed by atoms with E-state index in [0.29, 0.717) is 20.3 Å². The van der Waals surface area contributed by atoms with Crippen LogP contribution in [0, 0.1) is 0 Å². The fourth-order valence-electron chi connectivity index (χ4n) is 1.94. The molecule has 0 aliphatic heterocycles. The summed E-state index contributed by atoms with van der Waals surface area (Å²) in [5.41, 5.74) is -0.557. The first-order valence-electron chi connectivity index (χ1n) is 6.16. The lowest BCUT2D eigenvalue weighted by molar-refractivity contribution is -0.143. The highest BCUT2D eigenvalue weighted by Crippen LogP contribution is 2.33. The zero-order chi connectivity index (χ0) is 16.8. The fraction of sp³-hybridized carbons (Fsp3) is 0.154. The van der Waals surface area contributed by atoms with Crippen molar-refractivity contribution in [2.75, 3.05) is 0 Å². The van der Waals surface area contributed by atoms with Gasteiger partial charge in [0.2, 0.25) is 5.82 Å². The number of halogens is 5. The number of benzene rings is 1. The molecule has 0 saturated heterocycles. The fourth-order valence-corrected chi connectivity index (χ4v) is 2.44. The molecular weight excluding hydrogens is 356 g/mol. The minimum absolute atomic E-state index is 0.0799. The van der Waals surface area contributed by atoms with Crippen LogP contribution in [0.1, 0.15) is 5.69 Å². The monoisotopic (exact) mass is 362 g/mol. The summed E-state index contributed by atoms with van der Waals surface area (Å²) in [5, 5.41) is 8.17. The Hall–Kier alpha value is -2.06. The lowest BCUT2D eigenvalue weighted by atomic mass is 10.2. The average Bonchev–Trinajstić information content (AvgIpc) is 3.04. The summed E-state index contributed by atoms with van der Waals surface area (Å²) in [6.45, 7) is 0. The molecule has 0 aliphatic rings. The van der Waals surface area contributed by atoms with Crippen molar-refractivity contribution < 1.29 is 17.7 Å². The largest absolute Gasteiger partial charge is 0.433 e. The summed E-state index contributed by atoms with van der Waals surface area (Å²) in [7, 11) is 1.18. The van der Waals surface area contributed by atoms with Crippen molar-refractivity contribution >= 4 is 23.2 Å². The van der Waals surface area contributed by atoms with Crippen LogP contribution in [-0.2, 0) is 13.2 Å². The highest BCUT2D eigenvalue weighted by atomic mass is 35.5. The summed E-state index contributed by atoms with van der Waals surface area (Å²) in [4.78, 5) is 4.03. The van der Waals surface area contributed by atoms with Gasteiger partial charge in [-0.05, 0) is 18.2 Å². The molecule has 2 aromatic heterocycles. The van der Waals surface area contributed by atoms with E-state index in [-0.39, 0.29) is 17.4 Å². The summed E-state index contributed by atoms with van der Waals surface area (Å²) >= 11 is 11.8. The summed E-state index contributed by atoms with van der Waals surface area (Å²) in [6.07, 6.45) is -4.53. The van der Waals surface area contributed by atoms with Crippen LogP contribution in [0.5, 0.6) is 0 Å². The third-order valence-corrected chi connectivity index (χ3v) is 3.54. The van der Waals surface area contributed by atoms with Crippen molar-refractivity contribution in [1.82, 2.24) is 19.9 Å². The third-order valence-electron chi connectivity index (χ3n) is 2.99. The standard InChI is InChI=1S/C13H7Cl2F3N4O/c1-22-10(13(16,17)18)5-9(20-22)12-19-11(21-23-12)7-3-2-6(14)4-8(7)15/h2-5H,1H3. The second kappa shape index (κ2) is 5.54. The maximum absolute atomic E-state index is 12.8. The lowest BCUT2D eigenvalue weighted by Crippen LogP contribution is -2.11. The molecule has 0 fully saturated rings. The minimum Gasteiger partial charge on any atom is -0.332 e. The van der Waals surface area contributed by atoms with Gasteiger partial charge >= 0.3 is 6.18 Å². The van der Waals surface area contributed by atoms with Crippen molar-refractivity contribution in [3.8, 4) is 23.0 Å². The molecule has 2 heterocycles. The first-order chi connectivity index (χ1) is 10.8. The first kappa shape index (κ1) is 15.8. The minimum atomic E-state index is -4.53. The van der Waals surface area contributed by atoms with Gasteiger partial charge in [0, 0.05) is 23.7 Å². The van der Waals surface area contributed by atoms with Crippen LogP contribution in [0.25, 0.3) is 23.0 Å². The quantitative estimate of drug-likeness (QED) is 0.675. The van der Waals surface area contributed by atoms with E-state index in [2.05, 4.69) is 15.2 Å². The molecule has 10 heteroatoms. The van der Waals surface area contributed by atoms with E-state index in [1.807, 2.05) is 0 Å². The molecule has 0 aliphatic carbocycles. The third kappa shape index (κ3) is 3.04. The lowest BCUT2D eigenvalue weighted by Gasteiger charge is -2.04. The van der Waals surface area contributed by atoms with Crippen LogP contribution < -0.4 is 0 Å². The van der Waals surface area contributed by atoms with E-state index in [0.717, 1.165) is 6.07 Å². The highest BCUT2D eigenvalue weighted by Gasteiger charge is 2.35. The number of aromatic nitrogens is 4. The molecule has 0 amide bonds. The van der Waals surface area contributed by atoms with Crippen molar-refractivity contribution in [1.29, 1.82) is 0 Å². The van der Waals surface area contributed by atoms with Gasteiger partial charge in [0.05, 0.1) is 5.02 Å². The molecular formula is C13H7Cl2F3N4O. The topological polar surface area (TPSA) is 56.7 Å². The molecule has 0 N–H and O–H groups in total. The first-order valence-corrected chi connectivity index (χ1v) is 6.92. The Labute approximate surface area is 137 Å². The Balaban J connectivity index is 1.99. The van der Waals surface area contributed by atoms with Gasteiger partial charge in [0.1, 0.15) is 5.69 Å². The van der Waals surface area contributed by atoms with Gasteiger partial charge in [-0.2, -0.15) is 23.3 Å². The van der Waals surface area contributed by atoms with Gasteiger partial charge in [-0.1, -0.05) is 28.4 Å². The summed E-state index contributed by atoms with van der Waals surface area (Å²) in [5.74, 6) is -0.0157. The van der Waals surface area contributed by atoms with Crippen LogP contribution in [-0.4, -0.2) is 19.9 Å². The highest BCUT2D eigenvalue weighted by molar-refractivity contribution is 6.36. The molecule has 0 atom stereocenters. The van der Waals surface area contributed by atoms with Gasteiger partial charge in [0.25, 0.3) is 5.89 Å². The van der Waals surface area contributed by atoms with Gasteiger partial charge < -0.3 is 4.52 Å². The smallest absolute Gasteiger partial charge is 0.332 e. The van der Waals surface area contributed by atoms with Crippen LogP contribution >= 0.6 is 23.2 Å². The SMILES string of the molecule is Cn1nc(-c2nc(-c3ccc(Cl)cc3Cl)no2)cc1C(F)(F)F. The van der Waals surface area contributed by atoms with E-state index in [1.165, 1.54) is 13.1 Å². The molecule has 0 radical (unpaired) electrons. The van der Waals surface area contributed by atoms with Gasteiger partial charge in [-0.25, -0.2) is 0 Å². The van der Waals surface area contributed by atoms with Crippen molar-refractivity contribution in [3.05, 3.63) is 40.0 Å². The molecule has 23 heavy (non-hydrogen) atoms. The van der Waals surface area contributed by atoms with Crippen LogP contribution in [0.4, 0.5) is 13.2 Å². The Morgan fingerprint density at radius 1 is 1.17 bits per heavy atom. The number of rotatable bonds is 2. The van der Waals surface area contributed by atoms with Gasteiger partial charge in [-0.15, -0.1) is 0 Å². The zero-order valence-electron chi connectivity index (χ0n) is 11.4. The molecule has 5 nitrogen and oxygen atoms in total.